The van der Waals surface area contributed by atoms with Crippen molar-refractivity contribution in [1.29, 1.82) is 0 Å². The van der Waals surface area contributed by atoms with Crippen molar-refractivity contribution < 1.29 is 23.5 Å². The number of benzene rings is 2. The van der Waals surface area contributed by atoms with Gasteiger partial charge in [-0.3, -0.25) is 14.6 Å². The molecular formula is C30H38FN5O4. The van der Waals surface area contributed by atoms with Gasteiger partial charge in [0.25, 0.3) is 5.91 Å². The van der Waals surface area contributed by atoms with Crippen LogP contribution in [0.15, 0.2) is 36.4 Å². The molecule has 40 heavy (non-hydrogen) atoms. The molecule has 0 radical (unpaired) electrons. The first-order valence-corrected chi connectivity index (χ1v) is 14.2. The Morgan fingerprint density at radius 3 is 2.50 bits per heavy atom. The summed E-state index contributed by atoms with van der Waals surface area (Å²) in [5.74, 6) is -0.614. The van der Waals surface area contributed by atoms with Crippen LogP contribution >= 0.6 is 0 Å². The minimum atomic E-state index is -0.658. The summed E-state index contributed by atoms with van der Waals surface area (Å²) < 4.78 is 18.9. The van der Waals surface area contributed by atoms with E-state index in [2.05, 4.69) is 25.8 Å². The van der Waals surface area contributed by atoms with Crippen molar-refractivity contribution in [1.82, 2.24) is 15.1 Å². The molecule has 0 aromatic heterocycles. The molecule has 214 valence electrons. The molecular weight excluding hydrogens is 513 g/mol. The van der Waals surface area contributed by atoms with Crippen molar-refractivity contribution in [3.63, 3.8) is 0 Å². The second-order valence-corrected chi connectivity index (χ2v) is 11.0. The number of fused-ring (bicyclic) bond motifs is 1. The van der Waals surface area contributed by atoms with E-state index in [9.17, 15) is 18.8 Å². The lowest BCUT2D eigenvalue weighted by Gasteiger charge is -2.41. The Bertz CT molecular complexity index is 1250. The summed E-state index contributed by atoms with van der Waals surface area (Å²) in [6.45, 7) is 5.80. The topological polar surface area (TPSA) is 103 Å². The molecule has 2 aliphatic heterocycles. The molecule has 1 aliphatic carbocycles. The van der Waals surface area contributed by atoms with Gasteiger partial charge in [0.1, 0.15) is 12.3 Å². The van der Waals surface area contributed by atoms with E-state index in [0.717, 1.165) is 50.1 Å². The van der Waals surface area contributed by atoms with Crippen LogP contribution in [0.5, 0.6) is 0 Å². The normalized spacial score (nSPS) is 23.6. The van der Waals surface area contributed by atoms with Gasteiger partial charge < -0.3 is 20.7 Å². The molecule has 10 heteroatoms. The number of urea groups is 1. The monoisotopic (exact) mass is 551 g/mol. The molecule has 3 aliphatic rings. The highest BCUT2D eigenvalue weighted by molar-refractivity contribution is 6.03. The molecule has 2 aromatic rings. The minimum absolute atomic E-state index is 0.174. The molecule has 2 aromatic carbocycles. The number of hydrogen-bond acceptors (Lipinski definition) is 6. The second-order valence-electron chi connectivity index (χ2n) is 11.0. The number of carbonyl (C=O) groups excluding carboxylic acids is 3. The summed E-state index contributed by atoms with van der Waals surface area (Å²) in [5, 5.41) is 8.42. The zero-order chi connectivity index (χ0) is 28.2. The maximum atomic E-state index is 13.6. The van der Waals surface area contributed by atoms with Crippen molar-refractivity contribution in [3.05, 3.63) is 58.7 Å². The predicted octanol–water partition coefficient (Wildman–Crippen LogP) is 4.19. The Morgan fingerprint density at radius 2 is 1.77 bits per heavy atom. The number of cyclic esters (lactones) is 1. The Kier molecular flexibility index (Phi) is 8.66. The number of piperazine rings is 1. The zero-order valence-corrected chi connectivity index (χ0v) is 23.2. The first-order chi connectivity index (χ1) is 19.3. The fourth-order valence-electron chi connectivity index (χ4n) is 6.04. The number of ether oxygens (including phenoxy) is 1. The van der Waals surface area contributed by atoms with Crippen molar-refractivity contribution in [2.24, 2.45) is 0 Å². The van der Waals surface area contributed by atoms with Gasteiger partial charge in [-0.05, 0) is 62.4 Å². The number of hydrogen-bond donors (Lipinski definition) is 3. The highest BCUT2D eigenvalue weighted by Crippen LogP contribution is 2.28. The summed E-state index contributed by atoms with van der Waals surface area (Å²) in [5.41, 5.74) is 3.62. The van der Waals surface area contributed by atoms with Crippen molar-refractivity contribution in [2.75, 3.05) is 43.9 Å². The molecule has 0 spiro atoms. The van der Waals surface area contributed by atoms with E-state index in [4.69, 9.17) is 4.74 Å². The van der Waals surface area contributed by atoms with Crippen molar-refractivity contribution in [2.45, 2.75) is 63.9 Å². The molecule has 0 bridgehead atoms. The van der Waals surface area contributed by atoms with E-state index in [0.29, 0.717) is 54.4 Å². The van der Waals surface area contributed by atoms with Crippen LogP contribution in [0.2, 0.25) is 0 Å². The summed E-state index contributed by atoms with van der Waals surface area (Å²) in [4.78, 5) is 42.8. The summed E-state index contributed by atoms with van der Waals surface area (Å²) in [7, 11) is 1.59. The molecule has 9 nitrogen and oxygen atoms in total. The molecule has 0 unspecified atom stereocenters. The standard InChI is InChI=1S/C30H38FN5O4/c1-19-16-20-6-9-22(17-25(20)29(38)40-19)33-30(39)34-27-5-3-4-24(28(37)32-2)26(27)18-35-12-14-36(15-13-35)23-10-7-21(31)8-11-23/h3-6,9,17,19,21,23H,7-8,10-16,18H2,1-2H3,(H,32,37)(H2,33,34,39)/t19-,21?,23?/m1/s1. The molecule has 2 heterocycles. The summed E-state index contributed by atoms with van der Waals surface area (Å²) in [6.07, 6.45) is 2.92. The van der Waals surface area contributed by atoms with Gasteiger partial charge in [-0.15, -0.1) is 0 Å². The Labute approximate surface area is 234 Å². The van der Waals surface area contributed by atoms with Crippen LogP contribution < -0.4 is 16.0 Å². The zero-order valence-electron chi connectivity index (χ0n) is 23.2. The SMILES string of the molecule is CNC(=O)c1cccc(NC(=O)Nc2ccc3c(c2)C(=O)O[C@H](C)C3)c1CN1CCN(C2CCC(F)CC2)CC1. The van der Waals surface area contributed by atoms with E-state index < -0.39 is 18.2 Å². The molecule has 5 rings (SSSR count). The number of anilines is 2. The summed E-state index contributed by atoms with van der Waals surface area (Å²) >= 11 is 0. The number of rotatable bonds is 6. The van der Waals surface area contributed by atoms with Crippen molar-refractivity contribution >= 4 is 29.3 Å². The molecule has 1 saturated heterocycles. The number of nitrogens with zero attached hydrogens (tertiary/aromatic N) is 2. The lowest BCUT2D eigenvalue weighted by molar-refractivity contribution is 0.0301. The van der Waals surface area contributed by atoms with Gasteiger partial charge in [0, 0.05) is 74.7 Å². The van der Waals surface area contributed by atoms with Gasteiger partial charge >= 0.3 is 12.0 Å². The number of amides is 3. The van der Waals surface area contributed by atoms with Gasteiger partial charge in [-0.1, -0.05) is 12.1 Å². The van der Waals surface area contributed by atoms with E-state index in [1.165, 1.54) is 0 Å². The number of alkyl halides is 1. The van der Waals surface area contributed by atoms with Crippen LogP contribution in [0.25, 0.3) is 0 Å². The predicted molar refractivity (Wildman–Crippen MR) is 151 cm³/mol. The van der Waals surface area contributed by atoms with E-state index in [1.54, 1.807) is 37.4 Å². The first kappa shape index (κ1) is 28.0. The Morgan fingerprint density at radius 1 is 1.02 bits per heavy atom. The highest BCUT2D eigenvalue weighted by Gasteiger charge is 2.29. The molecule has 1 saturated carbocycles. The maximum Gasteiger partial charge on any atom is 0.338 e. The third-order valence-electron chi connectivity index (χ3n) is 8.23. The van der Waals surface area contributed by atoms with Gasteiger partial charge in [0.2, 0.25) is 0 Å². The number of carbonyl (C=O) groups is 3. The smallest absolute Gasteiger partial charge is 0.338 e. The molecule has 2 fully saturated rings. The van der Waals surface area contributed by atoms with Crippen LogP contribution in [0.1, 0.15) is 64.4 Å². The largest absolute Gasteiger partial charge is 0.459 e. The van der Waals surface area contributed by atoms with Crippen LogP contribution in [0.4, 0.5) is 20.6 Å². The lowest BCUT2D eigenvalue weighted by Crippen LogP contribution is -2.51. The van der Waals surface area contributed by atoms with Gasteiger partial charge in [-0.2, -0.15) is 0 Å². The van der Waals surface area contributed by atoms with Crippen LogP contribution in [0.3, 0.4) is 0 Å². The molecule has 1 atom stereocenters. The van der Waals surface area contributed by atoms with E-state index >= 15 is 0 Å². The van der Waals surface area contributed by atoms with Gasteiger partial charge in [0.05, 0.1) is 5.56 Å². The molecule has 3 N–H and O–H groups in total. The third kappa shape index (κ3) is 6.45. The maximum absolute atomic E-state index is 13.6. The summed E-state index contributed by atoms with van der Waals surface area (Å²) in [6, 6.07) is 10.5. The lowest BCUT2D eigenvalue weighted by atomic mass is 9.92. The molecule has 3 amide bonds. The minimum Gasteiger partial charge on any atom is -0.459 e. The third-order valence-corrected chi connectivity index (χ3v) is 8.23. The van der Waals surface area contributed by atoms with E-state index in [-0.39, 0.29) is 12.0 Å². The van der Waals surface area contributed by atoms with Gasteiger partial charge in [-0.25, -0.2) is 14.0 Å². The van der Waals surface area contributed by atoms with E-state index in [1.807, 2.05) is 13.0 Å². The average Bonchev–Trinajstić information content (AvgIpc) is 2.94. The van der Waals surface area contributed by atoms with Gasteiger partial charge in [0.15, 0.2) is 0 Å². The van der Waals surface area contributed by atoms with Crippen molar-refractivity contribution in [3.8, 4) is 0 Å². The fraction of sp³-hybridized carbons (Fsp3) is 0.500. The number of nitrogens with one attached hydrogen (secondary N) is 3. The Balaban J connectivity index is 1.26. The highest BCUT2D eigenvalue weighted by atomic mass is 19.1. The van der Waals surface area contributed by atoms with Crippen LogP contribution in [-0.2, 0) is 17.7 Å². The first-order valence-electron chi connectivity index (χ1n) is 14.2. The quantitative estimate of drug-likeness (QED) is 0.466. The Hall–Kier alpha value is -3.50. The number of esters is 1. The number of halogens is 1. The van der Waals surface area contributed by atoms with Crippen LogP contribution in [0, 0.1) is 0 Å². The average molecular weight is 552 g/mol. The second kappa shape index (κ2) is 12.3. The fourth-order valence-corrected chi connectivity index (χ4v) is 6.04. The van der Waals surface area contributed by atoms with Crippen LogP contribution in [-0.4, -0.2) is 79.3 Å².